The molecule has 1 aromatic rings. The maximum atomic E-state index is 12.6. The number of hydrogen-bond acceptors (Lipinski definition) is 5. The van der Waals surface area contributed by atoms with Gasteiger partial charge in [-0.1, -0.05) is 0 Å². The van der Waals surface area contributed by atoms with Gasteiger partial charge in [-0.05, 0) is 30.5 Å². The molecule has 0 atom stereocenters. The molecule has 0 unspecified atom stereocenters. The van der Waals surface area contributed by atoms with E-state index in [1.54, 1.807) is 17.8 Å². The predicted molar refractivity (Wildman–Crippen MR) is 77.3 cm³/mol. The number of thioether (sulfide) groups is 1. The molecular weight excluding hydrogens is 286 g/mol. The molecule has 1 aromatic carbocycles. The van der Waals surface area contributed by atoms with Crippen LogP contribution >= 0.6 is 11.8 Å². The fourth-order valence-corrected chi connectivity index (χ4v) is 4.03. The van der Waals surface area contributed by atoms with Gasteiger partial charge in [-0.3, -0.25) is 14.4 Å². The summed E-state index contributed by atoms with van der Waals surface area (Å²) in [6, 6.07) is 5.50. The third-order valence-electron chi connectivity index (χ3n) is 4.01. The molecule has 0 radical (unpaired) electrons. The fraction of sp³-hybridized carbons (Fsp3) is 0.375. The third kappa shape index (κ3) is 2.30. The van der Waals surface area contributed by atoms with Crippen molar-refractivity contribution in [3.05, 3.63) is 28.8 Å². The van der Waals surface area contributed by atoms with Crippen molar-refractivity contribution in [1.29, 1.82) is 5.26 Å². The van der Waals surface area contributed by atoms with E-state index < -0.39 is 11.7 Å². The highest BCUT2D eigenvalue weighted by Crippen LogP contribution is 2.35. The van der Waals surface area contributed by atoms with Crippen molar-refractivity contribution in [2.24, 2.45) is 5.92 Å². The number of Topliss-reactive ketones (excluding diaryl/α,β-unsaturated/α-hetero) is 3. The summed E-state index contributed by atoms with van der Waals surface area (Å²) < 4.78 is 0. The third-order valence-corrected chi connectivity index (χ3v) is 5.11. The van der Waals surface area contributed by atoms with Crippen LogP contribution in [0.2, 0.25) is 0 Å². The van der Waals surface area contributed by atoms with Crippen LogP contribution in [0.3, 0.4) is 0 Å². The first-order valence-corrected chi connectivity index (χ1v) is 7.90. The molecule has 1 fully saturated rings. The highest BCUT2D eigenvalue weighted by molar-refractivity contribution is 7.99. The summed E-state index contributed by atoms with van der Waals surface area (Å²) in [4.78, 5) is 37.5. The normalized spacial score (nSPS) is 18.4. The molecule has 0 spiro atoms. The van der Waals surface area contributed by atoms with E-state index in [0.29, 0.717) is 12.0 Å². The van der Waals surface area contributed by atoms with Crippen LogP contribution < -0.4 is 0 Å². The monoisotopic (exact) mass is 299 g/mol. The number of hydrogen-bond donors (Lipinski definition) is 0. The molecule has 0 saturated heterocycles. The van der Waals surface area contributed by atoms with E-state index in [1.165, 1.54) is 0 Å². The Morgan fingerprint density at radius 2 is 1.90 bits per heavy atom. The first-order valence-electron chi connectivity index (χ1n) is 6.92. The second-order valence-corrected chi connectivity index (χ2v) is 6.40. The molecule has 0 N–H and O–H groups in total. The highest BCUT2D eigenvalue weighted by atomic mass is 32.2. The summed E-state index contributed by atoms with van der Waals surface area (Å²) in [6.07, 6.45) is 1.81. The van der Waals surface area contributed by atoms with Crippen LogP contribution in [0, 0.1) is 17.2 Å². The Morgan fingerprint density at radius 1 is 1.19 bits per heavy atom. The molecule has 106 valence electrons. The van der Waals surface area contributed by atoms with Crippen LogP contribution in [-0.4, -0.2) is 23.1 Å². The number of fused-ring (bicyclic) bond motifs is 1. The van der Waals surface area contributed by atoms with E-state index in [4.69, 9.17) is 0 Å². The minimum absolute atomic E-state index is 0.229. The number of carbonyl (C=O) groups is 3. The van der Waals surface area contributed by atoms with E-state index in [1.807, 2.05) is 6.07 Å². The molecule has 0 amide bonds. The lowest BCUT2D eigenvalue weighted by Gasteiger charge is -2.19. The zero-order valence-electron chi connectivity index (χ0n) is 11.3. The van der Waals surface area contributed by atoms with Gasteiger partial charge in [0.1, 0.15) is 12.0 Å². The number of carbonyl (C=O) groups excluding carboxylic acids is 3. The van der Waals surface area contributed by atoms with Crippen molar-refractivity contribution in [3.63, 3.8) is 0 Å². The Bertz CT molecular complexity index is 686. The SMILES string of the molecule is N#Cc1c(C(=O)C2C(=O)CCCC2=O)ccc2c1CCS2. The summed E-state index contributed by atoms with van der Waals surface area (Å²) in [6.45, 7) is 0. The summed E-state index contributed by atoms with van der Waals surface area (Å²) in [5.41, 5.74) is 1.45. The van der Waals surface area contributed by atoms with Crippen molar-refractivity contribution in [2.45, 2.75) is 30.6 Å². The molecular formula is C16H13NO3S. The lowest BCUT2D eigenvalue weighted by Crippen LogP contribution is -2.35. The Labute approximate surface area is 126 Å². The summed E-state index contributed by atoms with van der Waals surface area (Å²) in [5, 5.41) is 9.38. The first kappa shape index (κ1) is 14.0. The van der Waals surface area contributed by atoms with Gasteiger partial charge >= 0.3 is 0 Å². The van der Waals surface area contributed by atoms with Crippen LogP contribution in [-0.2, 0) is 16.0 Å². The van der Waals surface area contributed by atoms with Crippen molar-refractivity contribution in [2.75, 3.05) is 5.75 Å². The molecule has 5 heteroatoms. The van der Waals surface area contributed by atoms with Gasteiger partial charge in [0.2, 0.25) is 0 Å². The van der Waals surface area contributed by atoms with Gasteiger partial charge in [0.05, 0.1) is 5.56 Å². The zero-order chi connectivity index (χ0) is 15.0. The molecule has 0 aromatic heterocycles. The van der Waals surface area contributed by atoms with Crippen LogP contribution in [0.25, 0.3) is 0 Å². The largest absolute Gasteiger partial charge is 0.298 e. The van der Waals surface area contributed by atoms with Gasteiger partial charge in [0, 0.05) is 29.1 Å². The summed E-state index contributed by atoms with van der Waals surface area (Å²) in [7, 11) is 0. The summed E-state index contributed by atoms with van der Waals surface area (Å²) in [5.74, 6) is -1.42. The van der Waals surface area contributed by atoms with Crippen molar-refractivity contribution >= 4 is 29.1 Å². The number of nitrogens with zero attached hydrogens (tertiary/aromatic N) is 1. The smallest absolute Gasteiger partial charge is 0.182 e. The van der Waals surface area contributed by atoms with Gasteiger partial charge in [0.15, 0.2) is 17.3 Å². The van der Waals surface area contributed by atoms with Crippen molar-refractivity contribution < 1.29 is 14.4 Å². The van der Waals surface area contributed by atoms with Crippen molar-refractivity contribution in [3.8, 4) is 6.07 Å². The molecule has 0 bridgehead atoms. The fourth-order valence-electron chi connectivity index (χ4n) is 2.96. The standard InChI is InChI=1S/C16H13NO3S/c17-8-11-9-6-7-21-14(9)5-4-10(11)16(20)15-12(18)2-1-3-13(15)19/h4-5,15H,1-3,6-7H2. The Balaban J connectivity index is 2.05. The maximum Gasteiger partial charge on any atom is 0.182 e. The summed E-state index contributed by atoms with van der Waals surface area (Å²) >= 11 is 1.66. The van der Waals surface area contributed by atoms with Crippen LogP contribution in [0.5, 0.6) is 0 Å². The molecule has 4 nitrogen and oxygen atoms in total. The van der Waals surface area contributed by atoms with Crippen LogP contribution in [0.1, 0.15) is 40.7 Å². The molecule has 21 heavy (non-hydrogen) atoms. The molecule has 1 aliphatic heterocycles. The number of ketones is 3. The van der Waals surface area contributed by atoms with E-state index in [2.05, 4.69) is 6.07 Å². The van der Waals surface area contributed by atoms with Gasteiger partial charge < -0.3 is 0 Å². The van der Waals surface area contributed by atoms with E-state index in [9.17, 15) is 19.6 Å². The van der Waals surface area contributed by atoms with Crippen molar-refractivity contribution in [1.82, 2.24) is 0 Å². The molecule has 1 aliphatic carbocycles. The number of benzene rings is 1. The average molecular weight is 299 g/mol. The maximum absolute atomic E-state index is 12.6. The number of rotatable bonds is 2. The van der Waals surface area contributed by atoms with Gasteiger partial charge in [0.25, 0.3) is 0 Å². The Morgan fingerprint density at radius 3 is 2.57 bits per heavy atom. The first-order chi connectivity index (χ1) is 10.1. The lowest BCUT2D eigenvalue weighted by atomic mass is 9.80. The Kier molecular flexibility index (Phi) is 3.64. The van der Waals surface area contributed by atoms with Crippen LogP contribution in [0.15, 0.2) is 17.0 Å². The van der Waals surface area contributed by atoms with Crippen LogP contribution in [0.4, 0.5) is 0 Å². The molecule has 3 rings (SSSR count). The quantitative estimate of drug-likeness (QED) is 0.619. The molecule has 1 saturated carbocycles. The minimum Gasteiger partial charge on any atom is -0.298 e. The lowest BCUT2D eigenvalue weighted by molar-refractivity contribution is -0.133. The van der Waals surface area contributed by atoms with E-state index >= 15 is 0 Å². The topological polar surface area (TPSA) is 75.0 Å². The van der Waals surface area contributed by atoms with E-state index in [-0.39, 0.29) is 30.0 Å². The van der Waals surface area contributed by atoms with Gasteiger partial charge in [-0.2, -0.15) is 5.26 Å². The second kappa shape index (κ2) is 5.45. The number of nitriles is 1. The second-order valence-electron chi connectivity index (χ2n) is 5.26. The average Bonchev–Trinajstić information content (AvgIpc) is 2.94. The highest BCUT2D eigenvalue weighted by Gasteiger charge is 2.38. The zero-order valence-corrected chi connectivity index (χ0v) is 12.2. The van der Waals surface area contributed by atoms with Gasteiger partial charge in [-0.15, -0.1) is 11.8 Å². The van der Waals surface area contributed by atoms with E-state index in [0.717, 1.165) is 22.6 Å². The minimum atomic E-state index is -1.20. The molecule has 2 aliphatic rings. The Hall–Kier alpha value is -1.93. The molecule has 1 heterocycles. The van der Waals surface area contributed by atoms with Gasteiger partial charge in [-0.25, -0.2) is 0 Å². The predicted octanol–water partition coefficient (Wildman–Crippen LogP) is 2.33.